The van der Waals surface area contributed by atoms with Crippen molar-refractivity contribution in [2.45, 2.75) is 27.2 Å². The molecule has 0 fully saturated rings. The highest BCUT2D eigenvalue weighted by Gasteiger charge is 2.05. The van der Waals surface area contributed by atoms with Crippen molar-refractivity contribution in [3.8, 4) is 5.75 Å². The van der Waals surface area contributed by atoms with E-state index in [2.05, 4.69) is 18.8 Å². The van der Waals surface area contributed by atoms with Gasteiger partial charge in [0.15, 0.2) is 0 Å². The molecule has 1 aromatic rings. The van der Waals surface area contributed by atoms with Gasteiger partial charge < -0.3 is 4.74 Å². The van der Waals surface area contributed by atoms with Crippen molar-refractivity contribution in [1.29, 1.82) is 0 Å². The molecule has 2 heteroatoms. The molecule has 2 nitrogen and oxygen atoms in total. The fourth-order valence-corrected chi connectivity index (χ4v) is 1.35. The van der Waals surface area contributed by atoms with Crippen molar-refractivity contribution in [2.75, 3.05) is 7.11 Å². The van der Waals surface area contributed by atoms with Gasteiger partial charge in [-0.25, -0.2) is 0 Å². The molecule has 0 aromatic carbocycles. The summed E-state index contributed by atoms with van der Waals surface area (Å²) in [7, 11) is 1.71. The molecular formula is C11H17NO. The van der Waals surface area contributed by atoms with Gasteiger partial charge in [0.05, 0.1) is 7.11 Å². The molecule has 72 valence electrons. The minimum absolute atomic E-state index is 0.637. The highest BCUT2D eigenvalue weighted by atomic mass is 16.5. The molecule has 0 aliphatic heterocycles. The number of nitrogens with zero attached hydrogens (tertiary/aromatic N) is 1. The summed E-state index contributed by atoms with van der Waals surface area (Å²) in [4.78, 5) is 4.26. The first-order chi connectivity index (χ1) is 6.13. The van der Waals surface area contributed by atoms with Crippen molar-refractivity contribution in [1.82, 2.24) is 4.98 Å². The molecule has 0 bridgehead atoms. The first kappa shape index (κ1) is 10.0. The molecule has 0 spiro atoms. The fraction of sp³-hybridized carbons (Fsp3) is 0.545. The van der Waals surface area contributed by atoms with Crippen LogP contribution in [0.4, 0.5) is 0 Å². The van der Waals surface area contributed by atoms with Crippen LogP contribution >= 0.6 is 0 Å². The van der Waals surface area contributed by atoms with E-state index in [1.807, 2.05) is 19.2 Å². The van der Waals surface area contributed by atoms with Crippen LogP contribution in [0, 0.1) is 12.8 Å². The van der Waals surface area contributed by atoms with Gasteiger partial charge in [0, 0.05) is 23.5 Å². The Morgan fingerprint density at radius 2 is 2.15 bits per heavy atom. The van der Waals surface area contributed by atoms with E-state index < -0.39 is 0 Å². The largest absolute Gasteiger partial charge is 0.496 e. The SMILES string of the molecule is COc1cc(C)ncc1CC(C)C. The quantitative estimate of drug-likeness (QED) is 0.711. The molecule has 13 heavy (non-hydrogen) atoms. The number of aromatic nitrogens is 1. The van der Waals surface area contributed by atoms with Crippen molar-refractivity contribution in [3.63, 3.8) is 0 Å². The molecule has 1 heterocycles. The third kappa shape index (κ3) is 2.72. The highest BCUT2D eigenvalue weighted by molar-refractivity contribution is 5.32. The number of pyridine rings is 1. The Morgan fingerprint density at radius 3 is 2.69 bits per heavy atom. The number of aryl methyl sites for hydroxylation is 1. The molecule has 0 aliphatic carbocycles. The zero-order chi connectivity index (χ0) is 9.84. The lowest BCUT2D eigenvalue weighted by Gasteiger charge is -2.10. The van der Waals surface area contributed by atoms with E-state index in [4.69, 9.17) is 4.74 Å². The molecule has 0 unspecified atom stereocenters. The Bertz CT molecular complexity index is 281. The molecule has 0 saturated heterocycles. The molecule has 0 atom stereocenters. The molecule has 0 N–H and O–H groups in total. The smallest absolute Gasteiger partial charge is 0.125 e. The average Bonchev–Trinajstić information content (AvgIpc) is 2.07. The van der Waals surface area contributed by atoms with Gasteiger partial charge in [0.2, 0.25) is 0 Å². The van der Waals surface area contributed by atoms with Crippen LogP contribution in [-0.2, 0) is 6.42 Å². The van der Waals surface area contributed by atoms with Gasteiger partial charge >= 0.3 is 0 Å². The van der Waals surface area contributed by atoms with E-state index in [9.17, 15) is 0 Å². The Labute approximate surface area is 80.0 Å². The molecular weight excluding hydrogens is 162 g/mol. The number of methoxy groups -OCH3 is 1. The van der Waals surface area contributed by atoms with Gasteiger partial charge in [-0.3, -0.25) is 4.98 Å². The van der Waals surface area contributed by atoms with Crippen molar-refractivity contribution in [3.05, 3.63) is 23.5 Å². The van der Waals surface area contributed by atoms with Crippen LogP contribution in [0.3, 0.4) is 0 Å². The minimum Gasteiger partial charge on any atom is -0.496 e. The van der Waals surface area contributed by atoms with Crippen molar-refractivity contribution >= 4 is 0 Å². The van der Waals surface area contributed by atoms with Gasteiger partial charge in [0.25, 0.3) is 0 Å². The standard InChI is InChI=1S/C11H17NO/c1-8(2)5-10-7-12-9(3)6-11(10)13-4/h6-8H,5H2,1-4H3. The molecule has 1 aromatic heterocycles. The summed E-state index contributed by atoms with van der Waals surface area (Å²) in [6.45, 7) is 6.36. The fourth-order valence-electron chi connectivity index (χ4n) is 1.35. The summed E-state index contributed by atoms with van der Waals surface area (Å²) in [5.41, 5.74) is 2.20. The Kier molecular flexibility index (Phi) is 3.29. The van der Waals surface area contributed by atoms with E-state index in [0.717, 1.165) is 17.9 Å². The lowest BCUT2D eigenvalue weighted by Crippen LogP contribution is -1.99. The summed E-state index contributed by atoms with van der Waals surface area (Å²) < 4.78 is 5.29. The monoisotopic (exact) mass is 179 g/mol. The van der Waals surface area contributed by atoms with Gasteiger partial charge in [0.1, 0.15) is 5.75 Å². The first-order valence-electron chi connectivity index (χ1n) is 4.63. The summed E-state index contributed by atoms with van der Waals surface area (Å²) in [6.07, 6.45) is 2.94. The summed E-state index contributed by atoms with van der Waals surface area (Å²) >= 11 is 0. The average molecular weight is 179 g/mol. The van der Waals surface area contributed by atoms with Gasteiger partial charge in [-0.15, -0.1) is 0 Å². The van der Waals surface area contributed by atoms with Crippen LogP contribution in [0.1, 0.15) is 25.1 Å². The number of hydrogen-bond donors (Lipinski definition) is 0. The van der Waals surface area contributed by atoms with E-state index in [0.29, 0.717) is 5.92 Å². The lowest BCUT2D eigenvalue weighted by atomic mass is 10.0. The van der Waals surface area contributed by atoms with Crippen LogP contribution in [0.25, 0.3) is 0 Å². The van der Waals surface area contributed by atoms with E-state index in [1.165, 1.54) is 5.56 Å². The van der Waals surface area contributed by atoms with Crippen LogP contribution in [-0.4, -0.2) is 12.1 Å². The minimum atomic E-state index is 0.637. The summed E-state index contributed by atoms with van der Waals surface area (Å²) in [6, 6.07) is 1.98. The molecule has 0 saturated carbocycles. The van der Waals surface area contributed by atoms with Crippen LogP contribution < -0.4 is 4.74 Å². The lowest BCUT2D eigenvalue weighted by molar-refractivity contribution is 0.405. The Balaban J connectivity index is 2.92. The van der Waals surface area contributed by atoms with Gasteiger partial charge in [-0.05, 0) is 19.3 Å². The normalized spacial score (nSPS) is 10.5. The van der Waals surface area contributed by atoms with Gasteiger partial charge in [-0.2, -0.15) is 0 Å². The second kappa shape index (κ2) is 4.26. The third-order valence-corrected chi connectivity index (χ3v) is 1.93. The zero-order valence-electron chi connectivity index (χ0n) is 8.79. The van der Waals surface area contributed by atoms with Crippen molar-refractivity contribution < 1.29 is 4.74 Å². The third-order valence-electron chi connectivity index (χ3n) is 1.93. The van der Waals surface area contributed by atoms with Crippen LogP contribution in [0.5, 0.6) is 5.75 Å². The van der Waals surface area contributed by atoms with Gasteiger partial charge in [-0.1, -0.05) is 13.8 Å². The zero-order valence-corrected chi connectivity index (χ0v) is 8.79. The Morgan fingerprint density at radius 1 is 1.46 bits per heavy atom. The number of rotatable bonds is 3. The molecule has 0 radical (unpaired) electrons. The number of ether oxygens (including phenoxy) is 1. The molecule has 0 amide bonds. The van der Waals surface area contributed by atoms with E-state index in [-0.39, 0.29) is 0 Å². The second-order valence-corrected chi connectivity index (χ2v) is 3.74. The maximum Gasteiger partial charge on any atom is 0.125 e. The maximum atomic E-state index is 5.29. The summed E-state index contributed by atoms with van der Waals surface area (Å²) in [5, 5.41) is 0. The summed E-state index contributed by atoms with van der Waals surface area (Å²) in [5.74, 6) is 1.60. The maximum absolute atomic E-state index is 5.29. The predicted octanol–water partition coefficient (Wildman–Crippen LogP) is 2.60. The van der Waals surface area contributed by atoms with E-state index in [1.54, 1.807) is 7.11 Å². The molecule has 1 rings (SSSR count). The highest BCUT2D eigenvalue weighted by Crippen LogP contribution is 2.20. The number of hydrogen-bond acceptors (Lipinski definition) is 2. The van der Waals surface area contributed by atoms with Crippen LogP contribution in [0.15, 0.2) is 12.3 Å². The Hall–Kier alpha value is -1.05. The predicted molar refractivity (Wildman–Crippen MR) is 54.1 cm³/mol. The first-order valence-corrected chi connectivity index (χ1v) is 4.63. The second-order valence-electron chi connectivity index (χ2n) is 3.74. The van der Waals surface area contributed by atoms with Crippen molar-refractivity contribution in [2.24, 2.45) is 5.92 Å². The van der Waals surface area contributed by atoms with Crippen LogP contribution in [0.2, 0.25) is 0 Å². The molecule has 0 aliphatic rings. The topological polar surface area (TPSA) is 22.1 Å². The van der Waals surface area contributed by atoms with E-state index >= 15 is 0 Å².